The molecule has 0 radical (unpaired) electrons. The molecule has 1 aliphatic rings. The van der Waals surface area contributed by atoms with E-state index < -0.39 is 0 Å². The number of fused-ring (bicyclic) bond motifs is 1. The van der Waals surface area contributed by atoms with Gasteiger partial charge in [-0.3, -0.25) is 4.79 Å². The monoisotopic (exact) mass is 418 g/mol. The maximum atomic E-state index is 12.0. The molecular weight excluding hydrogens is 400 g/mol. The van der Waals surface area contributed by atoms with Gasteiger partial charge >= 0.3 is 0 Å². The summed E-state index contributed by atoms with van der Waals surface area (Å²) in [6.45, 7) is 6.04. The highest BCUT2D eigenvalue weighted by molar-refractivity contribution is 9.10. The van der Waals surface area contributed by atoms with Crippen LogP contribution in [0.4, 0.5) is 0 Å². The van der Waals surface area contributed by atoms with Crippen LogP contribution in [0, 0.1) is 20.8 Å². The van der Waals surface area contributed by atoms with Crippen molar-refractivity contribution in [3.63, 3.8) is 0 Å². The fraction of sp³-hybridized carbons (Fsp3) is 0.263. The van der Waals surface area contributed by atoms with Gasteiger partial charge in [0.1, 0.15) is 5.75 Å². The van der Waals surface area contributed by atoms with Crippen LogP contribution in [0.3, 0.4) is 0 Å². The number of rotatable bonds is 5. The Balaban J connectivity index is 1.58. The van der Waals surface area contributed by atoms with Crippen molar-refractivity contribution < 1.29 is 19.0 Å². The number of hydrazone groups is 1. The normalized spacial score (nSPS) is 12.5. The number of carbonyl (C=O) groups is 1. The third-order valence-corrected chi connectivity index (χ3v) is 4.79. The fourth-order valence-corrected chi connectivity index (χ4v) is 2.95. The molecule has 2 aromatic rings. The number of halogens is 1. The van der Waals surface area contributed by atoms with E-state index in [-0.39, 0.29) is 19.3 Å². The van der Waals surface area contributed by atoms with Gasteiger partial charge in [-0.2, -0.15) is 5.10 Å². The molecule has 1 aliphatic heterocycles. The predicted molar refractivity (Wildman–Crippen MR) is 102 cm³/mol. The quantitative estimate of drug-likeness (QED) is 0.594. The van der Waals surface area contributed by atoms with E-state index in [9.17, 15) is 4.79 Å². The molecule has 0 aliphatic carbocycles. The molecule has 0 fully saturated rings. The van der Waals surface area contributed by atoms with E-state index in [4.69, 9.17) is 14.2 Å². The first-order valence-electron chi connectivity index (χ1n) is 8.06. The number of hydrogen-bond donors (Lipinski definition) is 1. The van der Waals surface area contributed by atoms with Crippen molar-refractivity contribution in [3.8, 4) is 17.2 Å². The minimum Gasteiger partial charge on any atom is -0.483 e. The summed E-state index contributed by atoms with van der Waals surface area (Å²) in [4.78, 5) is 12.0. The van der Waals surface area contributed by atoms with Crippen LogP contribution < -0.4 is 19.6 Å². The van der Waals surface area contributed by atoms with Crippen LogP contribution in [0.15, 0.2) is 33.8 Å². The van der Waals surface area contributed by atoms with E-state index in [2.05, 4.69) is 26.5 Å². The molecule has 26 heavy (non-hydrogen) atoms. The summed E-state index contributed by atoms with van der Waals surface area (Å²) in [5, 5.41) is 3.97. The molecule has 0 saturated heterocycles. The highest BCUT2D eigenvalue weighted by Gasteiger charge is 2.15. The number of carbonyl (C=O) groups excluding carboxylic acids is 1. The molecular formula is C19H19BrN2O4. The van der Waals surface area contributed by atoms with Crippen LogP contribution in [-0.4, -0.2) is 25.5 Å². The maximum Gasteiger partial charge on any atom is 0.277 e. The minimum absolute atomic E-state index is 0.106. The first-order chi connectivity index (χ1) is 12.5. The number of benzene rings is 2. The summed E-state index contributed by atoms with van der Waals surface area (Å²) in [6.07, 6.45) is 1.53. The third kappa shape index (κ3) is 3.99. The Morgan fingerprint density at radius 2 is 1.92 bits per heavy atom. The Bertz CT molecular complexity index is 880. The van der Waals surface area contributed by atoms with E-state index in [0.717, 1.165) is 32.5 Å². The van der Waals surface area contributed by atoms with E-state index >= 15 is 0 Å². The van der Waals surface area contributed by atoms with E-state index in [1.54, 1.807) is 12.1 Å². The van der Waals surface area contributed by atoms with Crippen molar-refractivity contribution in [2.24, 2.45) is 5.10 Å². The predicted octanol–water partition coefficient (Wildman–Crippen LogP) is 3.63. The number of nitrogens with zero attached hydrogens (tertiary/aromatic N) is 1. The van der Waals surface area contributed by atoms with Crippen LogP contribution in [0.25, 0.3) is 0 Å². The number of hydrogen-bond acceptors (Lipinski definition) is 5. The van der Waals surface area contributed by atoms with Crippen molar-refractivity contribution in [2.75, 3.05) is 13.4 Å². The van der Waals surface area contributed by atoms with Gasteiger partial charge in [0.05, 0.1) is 6.21 Å². The SMILES string of the molecule is Cc1ccc(C)c(OCC(=O)N/N=C/c2cc3c(cc2Br)OCO3)c1C. The standard InChI is InChI=1S/C19H19BrN2O4/c1-11-4-5-12(2)19(13(11)3)24-9-18(23)22-21-8-14-6-16-17(7-15(14)20)26-10-25-16/h4-8H,9-10H2,1-3H3,(H,22,23)/b21-8+. The lowest BCUT2D eigenvalue weighted by molar-refractivity contribution is -0.123. The van der Waals surface area contributed by atoms with Crippen molar-refractivity contribution in [3.05, 3.63) is 51.0 Å². The third-order valence-electron chi connectivity index (χ3n) is 4.11. The maximum absolute atomic E-state index is 12.0. The van der Waals surface area contributed by atoms with Crippen LogP contribution in [-0.2, 0) is 4.79 Å². The molecule has 0 saturated carbocycles. The van der Waals surface area contributed by atoms with Crippen molar-refractivity contribution in [2.45, 2.75) is 20.8 Å². The average molecular weight is 419 g/mol. The van der Waals surface area contributed by atoms with Gasteiger partial charge in [0.25, 0.3) is 5.91 Å². The lowest BCUT2D eigenvalue weighted by atomic mass is 10.1. The molecule has 3 rings (SSSR count). The summed E-state index contributed by atoms with van der Waals surface area (Å²) >= 11 is 3.44. The van der Waals surface area contributed by atoms with Crippen LogP contribution in [0.2, 0.25) is 0 Å². The largest absolute Gasteiger partial charge is 0.483 e. The summed E-state index contributed by atoms with van der Waals surface area (Å²) in [7, 11) is 0. The molecule has 0 aromatic heterocycles. The molecule has 136 valence electrons. The molecule has 1 heterocycles. The number of ether oxygens (including phenoxy) is 3. The zero-order chi connectivity index (χ0) is 18.7. The Morgan fingerprint density at radius 3 is 2.69 bits per heavy atom. The summed E-state index contributed by atoms with van der Waals surface area (Å²) in [5.41, 5.74) is 6.38. The zero-order valence-electron chi connectivity index (χ0n) is 14.8. The summed E-state index contributed by atoms with van der Waals surface area (Å²) in [5.74, 6) is 1.73. The number of amides is 1. The first kappa shape index (κ1) is 18.3. The van der Waals surface area contributed by atoms with Gasteiger partial charge in [-0.05, 0) is 65.5 Å². The van der Waals surface area contributed by atoms with Gasteiger partial charge < -0.3 is 14.2 Å². The van der Waals surface area contributed by atoms with E-state index in [1.807, 2.05) is 32.9 Å². The zero-order valence-corrected chi connectivity index (χ0v) is 16.3. The molecule has 6 nitrogen and oxygen atoms in total. The summed E-state index contributed by atoms with van der Waals surface area (Å²) in [6, 6.07) is 7.60. The van der Waals surface area contributed by atoms with Crippen molar-refractivity contribution >= 4 is 28.1 Å². The highest BCUT2D eigenvalue weighted by atomic mass is 79.9. The van der Waals surface area contributed by atoms with Gasteiger partial charge in [-0.1, -0.05) is 12.1 Å². The Labute approximate surface area is 160 Å². The molecule has 0 spiro atoms. The van der Waals surface area contributed by atoms with Gasteiger partial charge in [-0.25, -0.2) is 5.43 Å². The molecule has 2 aromatic carbocycles. The Morgan fingerprint density at radius 1 is 1.23 bits per heavy atom. The van der Waals surface area contributed by atoms with Gasteiger partial charge in [0, 0.05) is 10.0 Å². The van der Waals surface area contributed by atoms with Gasteiger partial charge in [0.15, 0.2) is 18.1 Å². The van der Waals surface area contributed by atoms with Crippen molar-refractivity contribution in [1.29, 1.82) is 0 Å². The lowest BCUT2D eigenvalue weighted by Crippen LogP contribution is -2.25. The molecule has 0 atom stereocenters. The van der Waals surface area contributed by atoms with Crippen LogP contribution in [0.5, 0.6) is 17.2 Å². The van der Waals surface area contributed by atoms with Crippen LogP contribution in [0.1, 0.15) is 22.3 Å². The first-order valence-corrected chi connectivity index (χ1v) is 8.85. The van der Waals surface area contributed by atoms with E-state index in [0.29, 0.717) is 11.5 Å². The van der Waals surface area contributed by atoms with Gasteiger partial charge in [-0.15, -0.1) is 0 Å². The topological polar surface area (TPSA) is 69.2 Å². The summed E-state index contributed by atoms with van der Waals surface area (Å²) < 4.78 is 17.1. The van der Waals surface area contributed by atoms with Gasteiger partial charge in [0.2, 0.25) is 6.79 Å². The smallest absolute Gasteiger partial charge is 0.277 e. The fourth-order valence-electron chi connectivity index (χ4n) is 2.52. The van der Waals surface area contributed by atoms with Crippen molar-refractivity contribution in [1.82, 2.24) is 5.43 Å². The highest BCUT2D eigenvalue weighted by Crippen LogP contribution is 2.36. The molecule has 0 unspecified atom stereocenters. The molecule has 7 heteroatoms. The average Bonchev–Trinajstić information content (AvgIpc) is 3.05. The number of aryl methyl sites for hydroxylation is 2. The number of nitrogens with one attached hydrogen (secondary N) is 1. The second-order valence-electron chi connectivity index (χ2n) is 5.96. The Hall–Kier alpha value is -2.54. The second-order valence-corrected chi connectivity index (χ2v) is 6.82. The minimum atomic E-state index is -0.335. The van der Waals surface area contributed by atoms with E-state index in [1.165, 1.54) is 6.21 Å². The second kappa shape index (κ2) is 7.78. The molecule has 1 N–H and O–H groups in total. The molecule has 1 amide bonds. The molecule has 0 bridgehead atoms. The van der Waals surface area contributed by atoms with Crippen LogP contribution >= 0.6 is 15.9 Å². The Kier molecular flexibility index (Phi) is 5.46. The lowest BCUT2D eigenvalue weighted by Gasteiger charge is -2.13.